The number of aryl methyl sites for hydroxylation is 2. The number of Topliss-reactive ketones (excluding diaryl/α,β-unsaturated/α-hetero) is 1. The molecule has 0 radical (unpaired) electrons. The summed E-state index contributed by atoms with van der Waals surface area (Å²) in [6.45, 7) is 5.41. The van der Waals surface area contributed by atoms with Gasteiger partial charge in [-0.15, -0.1) is 0 Å². The summed E-state index contributed by atoms with van der Waals surface area (Å²) in [6.07, 6.45) is -0.766. The number of aliphatic hydroxyl groups excluding tert-OH is 1. The molecular weight excluding hydrogens is 304 g/mol. The van der Waals surface area contributed by atoms with Crippen molar-refractivity contribution in [3.8, 4) is 0 Å². The summed E-state index contributed by atoms with van der Waals surface area (Å²) >= 11 is 0. The molecule has 126 valence electrons. The highest BCUT2D eigenvalue weighted by atomic mass is 16.3. The van der Waals surface area contributed by atoms with E-state index in [1.807, 2.05) is 38.1 Å². The molecule has 0 bridgehead atoms. The quantitative estimate of drug-likeness (QED) is 0.737. The predicted molar refractivity (Wildman–Crippen MR) is 94.3 cm³/mol. The average Bonchev–Trinajstić information content (AvgIpc) is 2.53. The van der Waals surface area contributed by atoms with Gasteiger partial charge in [-0.3, -0.25) is 4.79 Å². The monoisotopic (exact) mass is 326 g/mol. The number of hydrogen-bond donors (Lipinski definition) is 3. The molecule has 0 saturated carbocycles. The predicted octanol–water partition coefficient (Wildman–Crippen LogP) is 3.36. The van der Waals surface area contributed by atoms with Gasteiger partial charge >= 0.3 is 6.03 Å². The smallest absolute Gasteiger partial charge is 0.319 e. The summed E-state index contributed by atoms with van der Waals surface area (Å²) in [4.78, 5) is 23.3. The van der Waals surface area contributed by atoms with Crippen LogP contribution in [-0.2, 0) is 0 Å². The molecule has 2 amide bonds. The van der Waals surface area contributed by atoms with Crippen LogP contribution < -0.4 is 10.6 Å². The number of nitrogens with one attached hydrogen (secondary N) is 2. The van der Waals surface area contributed by atoms with Gasteiger partial charge in [-0.2, -0.15) is 0 Å². The Balaban J connectivity index is 1.90. The highest BCUT2D eigenvalue weighted by molar-refractivity contribution is 5.96. The summed E-state index contributed by atoms with van der Waals surface area (Å²) in [5.74, 6) is -0.00952. The molecule has 2 aromatic rings. The summed E-state index contributed by atoms with van der Waals surface area (Å²) in [5.41, 5.74) is 3.90. The fourth-order valence-corrected chi connectivity index (χ4v) is 2.41. The number of carbonyl (C=O) groups is 2. The molecule has 0 aliphatic carbocycles. The second kappa shape index (κ2) is 7.75. The lowest BCUT2D eigenvalue weighted by Gasteiger charge is -2.14. The highest BCUT2D eigenvalue weighted by Gasteiger charge is 2.10. The van der Waals surface area contributed by atoms with Gasteiger partial charge in [-0.05, 0) is 50.1 Å². The molecule has 24 heavy (non-hydrogen) atoms. The maximum absolute atomic E-state index is 11.9. The Hall–Kier alpha value is -2.66. The van der Waals surface area contributed by atoms with E-state index >= 15 is 0 Å². The molecule has 0 aliphatic rings. The lowest BCUT2D eigenvalue weighted by molar-refractivity contribution is 0.101. The first-order valence-corrected chi connectivity index (χ1v) is 7.78. The SMILES string of the molecule is CC(=O)c1ccc(NC(=O)NCC(O)c2ccc(C)cc2)cc1C. The van der Waals surface area contributed by atoms with Gasteiger partial charge in [0.1, 0.15) is 0 Å². The third kappa shape index (κ3) is 4.67. The molecule has 5 heteroatoms. The van der Waals surface area contributed by atoms with Crippen LogP contribution in [0.15, 0.2) is 42.5 Å². The number of benzene rings is 2. The van der Waals surface area contributed by atoms with Crippen molar-refractivity contribution in [3.63, 3.8) is 0 Å². The maximum atomic E-state index is 11.9. The van der Waals surface area contributed by atoms with E-state index in [1.165, 1.54) is 6.92 Å². The molecule has 0 saturated heterocycles. The second-order valence-corrected chi connectivity index (χ2v) is 5.85. The zero-order valence-corrected chi connectivity index (χ0v) is 14.1. The number of aliphatic hydroxyl groups is 1. The Bertz CT molecular complexity index is 739. The van der Waals surface area contributed by atoms with E-state index in [1.54, 1.807) is 18.2 Å². The molecule has 0 aliphatic heterocycles. The molecule has 1 atom stereocenters. The summed E-state index contributed by atoms with van der Waals surface area (Å²) in [5, 5.41) is 15.4. The Labute approximate surface area is 141 Å². The highest BCUT2D eigenvalue weighted by Crippen LogP contribution is 2.16. The Kier molecular flexibility index (Phi) is 5.71. The average molecular weight is 326 g/mol. The minimum Gasteiger partial charge on any atom is -0.387 e. The molecule has 0 aromatic heterocycles. The second-order valence-electron chi connectivity index (χ2n) is 5.85. The van der Waals surface area contributed by atoms with Crippen LogP contribution in [0.4, 0.5) is 10.5 Å². The van der Waals surface area contributed by atoms with E-state index in [-0.39, 0.29) is 12.3 Å². The molecular formula is C19H22N2O3. The van der Waals surface area contributed by atoms with Crippen molar-refractivity contribution in [1.82, 2.24) is 5.32 Å². The molecule has 0 heterocycles. The Morgan fingerprint density at radius 2 is 1.75 bits per heavy atom. The number of carbonyl (C=O) groups excluding carboxylic acids is 2. The minimum atomic E-state index is -0.766. The van der Waals surface area contributed by atoms with Crippen LogP contribution in [0, 0.1) is 13.8 Å². The third-order valence-corrected chi connectivity index (χ3v) is 3.78. The van der Waals surface area contributed by atoms with Gasteiger partial charge in [-0.1, -0.05) is 29.8 Å². The largest absolute Gasteiger partial charge is 0.387 e. The van der Waals surface area contributed by atoms with Crippen molar-refractivity contribution in [1.29, 1.82) is 0 Å². The number of amides is 2. The lowest BCUT2D eigenvalue weighted by atomic mass is 10.1. The standard InChI is InChI=1S/C19H22N2O3/c1-12-4-6-15(7-5-12)18(23)11-20-19(24)21-16-8-9-17(14(3)22)13(2)10-16/h4-10,18,23H,11H2,1-3H3,(H2,20,21,24). The van der Waals surface area contributed by atoms with Gasteiger partial charge in [0.15, 0.2) is 5.78 Å². The fourth-order valence-electron chi connectivity index (χ4n) is 2.41. The van der Waals surface area contributed by atoms with Crippen LogP contribution in [0.5, 0.6) is 0 Å². The van der Waals surface area contributed by atoms with Gasteiger partial charge < -0.3 is 15.7 Å². The molecule has 2 aromatic carbocycles. The van der Waals surface area contributed by atoms with Gasteiger partial charge in [0.05, 0.1) is 6.10 Å². The number of hydrogen-bond acceptors (Lipinski definition) is 3. The van der Waals surface area contributed by atoms with E-state index < -0.39 is 12.1 Å². The van der Waals surface area contributed by atoms with Gasteiger partial charge in [0, 0.05) is 17.8 Å². The third-order valence-electron chi connectivity index (χ3n) is 3.78. The van der Waals surface area contributed by atoms with Crippen molar-refractivity contribution >= 4 is 17.5 Å². The maximum Gasteiger partial charge on any atom is 0.319 e. The van der Waals surface area contributed by atoms with Crippen molar-refractivity contribution in [3.05, 3.63) is 64.7 Å². The van der Waals surface area contributed by atoms with Crippen molar-refractivity contribution < 1.29 is 14.7 Å². The zero-order chi connectivity index (χ0) is 17.7. The molecule has 0 fully saturated rings. The van der Waals surface area contributed by atoms with Gasteiger partial charge in [0.2, 0.25) is 0 Å². The van der Waals surface area contributed by atoms with E-state index in [2.05, 4.69) is 10.6 Å². The number of urea groups is 1. The lowest BCUT2D eigenvalue weighted by Crippen LogP contribution is -2.32. The molecule has 5 nitrogen and oxygen atoms in total. The number of ketones is 1. The summed E-state index contributed by atoms with van der Waals surface area (Å²) < 4.78 is 0. The summed E-state index contributed by atoms with van der Waals surface area (Å²) in [6, 6.07) is 12.2. The molecule has 2 rings (SSSR count). The van der Waals surface area contributed by atoms with Crippen molar-refractivity contribution in [2.45, 2.75) is 26.9 Å². The first-order chi connectivity index (χ1) is 11.4. The van der Waals surface area contributed by atoms with Crippen molar-refractivity contribution in [2.24, 2.45) is 0 Å². The van der Waals surface area contributed by atoms with Crippen LogP contribution >= 0.6 is 0 Å². The van der Waals surface area contributed by atoms with Crippen LogP contribution in [0.2, 0.25) is 0 Å². The Morgan fingerprint density at radius 3 is 2.33 bits per heavy atom. The first-order valence-electron chi connectivity index (χ1n) is 7.78. The van der Waals surface area contributed by atoms with Crippen LogP contribution in [-0.4, -0.2) is 23.5 Å². The molecule has 1 unspecified atom stereocenters. The van der Waals surface area contributed by atoms with Crippen LogP contribution in [0.25, 0.3) is 0 Å². The molecule has 3 N–H and O–H groups in total. The van der Waals surface area contributed by atoms with E-state index in [4.69, 9.17) is 0 Å². The van der Waals surface area contributed by atoms with E-state index in [0.717, 1.165) is 16.7 Å². The van der Waals surface area contributed by atoms with Gasteiger partial charge in [-0.25, -0.2) is 4.79 Å². The number of anilines is 1. The summed E-state index contributed by atoms with van der Waals surface area (Å²) in [7, 11) is 0. The fraction of sp³-hybridized carbons (Fsp3) is 0.263. The Morgan fingerprint density at radius 1 is 1.08 bits per heavy atom. The van der Waals surface area contributed by atoms with Crippen LogP contribution in [0.1, 0.15) is 40.1 Å². The number of rotatable bonds is 5. The van der Waals surface area contributed by atoms with Gasteiger partial charge in [0.25, 0.3) is 0 Å². The topological polar surface area (TPSA) is 78.4 Å². The van der Waals surface area contributed by atoms with Crippen molar-refractivity contribution in [2.75, 3.05) is 11.9 Å². The minimum absolute atomic E-state index is 0.00952. The first kappa shape index (κ1) is 17.7. The van der Waals surface area contributed by atoms with E-state index in [9.17, 15) is 14.7 Å². The van der Waals surface area contributed by atoms with E-state index in [0.29, 0.717) is 11.3 Å². The molecule has 0 spiro atoms. The zero-order valence-electron chi connectivity index (χ0n) is 14.1. The van der Waals surface area contributed by atoms with Crippen LogP contribution in [0.3, 0.4) is 0 Å². The normalized spacial score (nSPS) is 11.7.